The summed E-state index contributed by atoms with van der Waals surface area (Å²) in [5.74, 6) is -0.687. The molecular weight excluding hydrogens is 386 g/mol. The largest absolute Gasteiger partial charge is 0.484 e. The Morgan fingerprint density at radius 3 is 2.53 bits per heavy atom. The third-order valence-electron chi connectivity index (χ3n) is 4.68. The highest BCUT2D eigenvalue weighted by Gasteiger charge is 2.34. The Balaban J connectivity index is 1.49. The molecule has 30 heavy (non-hydrogen) atoms. The molecule has 2 aromatic rings. The van der Waals surface area contributed by atoms with Crippen molar-refractivity contribution in [2.24, 2.45) is 0 Å². The molecule has 8 nitrogen and oxygen atoms in total. The van der Waals surface area contributed by atoms with Gasteiger partial charge in [0, 0.05) is 31.8 Å². The number of hydrogen-bond donors (Lipinski definition) is 2. The molecule has 1 aliphatic rings. The molecule has 0 fully saturated rings. The van der Waals surface area contributed by atoms with Gasteiger partial charge in [-0.25, -0.2) is 0 Å². The number of likely N-dealkylation sites (N-methyl/N-ethyl adjacent to an activating group) is 1. The Bertz CT molecular complexity index is 1000. The molecule has 0 aromatic heterocycles. The highest BCUT2D eigenvalue weighted by Crippen LogP contribution is 2.24. The summed E-state index contributed by atoms with van der Waals surface area (Å²) >= 11 is 0. The summed E-state index contributed by atoms with van der Waals surface area (Å²) in [6.07, 6.45) is 0.499. The van der Waals surface area contributed by atoms with Crippen molar-refractivity contribution >= 4 is 29.3 Å². The van der Waals surface area contributed by atoms with Gasteiger partial charge in [-0.1, -0.05) is 17.7 Å². The monoisotopic (exact) mass is 409 g/mol. The number of amides is 4. The van der Waals surface area contributed by atoms with Crippen molar-refractivity contribution in [2.45, 2.75) is 19.8 Å². The van der Waals surface area contributed by atoms with E-state index in [1.807, 2.05) is 6.92 Å². The lowest BCUT2D eigenvalue weighted by Crippen LogP contribution is -2.31. The molecule has 0 saturated carbocycles. The van der Waals surface area contributed by atoms with Crippen molar-refractivity contribution in [1.29, 1.82) is 0 Å². The van der Waals surface area contributed by atoms with Crippen LogP contribution in [-0.4, -0.2) is 48.7 Å². The van der Waals surface area contributed by atoms with E-state index in [0.29, 0.717) is 29.0 Å². The van der Waals surface area contributed by atoms with Gasteiger partial charge in [0.25, 0.3) is 17.7 Å². The second-order valence-electron chi connectivity index (χ2n) is 6.95. The summed E-state index contributed by atoms with van der Waals surface area (Å²) in [5, 5.41) is 5.21. The fourth-order valence-corrected chi connectivity index (χ4v) is 3.11. The fourth-order valence-electron chi connectivity index (χ4n) is 3.11. The molecule has 0 unspecified atom stereocenters. The number of nitrogens with one attached hydrogen (secondary N) is 2. The number of imide groups is 1. The zero-order valence-electron chi connectivity index (χ0n) is 16.9. The summed E-state index contributed by atoms with van der Waals surface area (Å²) < 4.78 is 5.35. The molecular formula is C22H23N3O5. The molecule has 2 N–H and O–H groups in total. The molecule has 0 spiro atoms. The third-order valence-corrected chi connectivity index (χ3v) is 4.68. The predicted octanol–water partition coefficient (Wildman–Crippen LogP) is 2.13. The summed E-state index contributed by atoms with van der Waals surface area (Å²) in [6.45, 7) is 1.92. The van der Waals surface area contributed by atoms with Gasteiger partial charge < -0.3 is 15.4 Å². The van der Waals surface area contributed by atoms with Crippen LogP contribution in [-0.2, 0) is 9.59 Å². The van der Waals surface area contributed by atoms with Gasteiger partial charge in [-0.15, -0.1) is 0 Å². The maximum absolute atomic E-state index is 12.5. The van der Waals surface area contributed by atoms with Gasteiger partial charge in [-0.05, 0) is 37.6 Å². The van der Waals surface area contributed by atoms with Crippen LogP contribution < -0.4 is 15.4 Å². The maximum Gasteiger partial charge on any atom is 0.261 e. The molecule has 0 saturated heterocycles. The molecule has 0 bridgehead atoms. The minimum absolute atomic E-state index is 0.117. The number of rotatable bonds is 8. The van der Waals surface area contributed by atoms with Crippen molar-refractivity contribution in [3.05, 3.63) is 59.2 Å². The highest BCUT2D eigenvalue weighted by atomic mass is 16.5. The lowest BCUT2D eigenvalue weighted by atomic mass is 10.1. The van der Waals surface area contributed by atoms with Crippen LogP contribution in [0.4, 0.5) is 5.69 Å². The molecule has 0 aliphatic carbocycles. The molecule has 2 aromatic carbocycles. The minimum Gasteiger partial charge on any atom is -0.484 e. The van der Waals surface area contributed by atoms with Gasteiger partial charge in [0.15, 0.2) is 6.61 Å². The number of benzene rings is 2. The van der Waals surface area contributed by atoms with E-state index in [1.165, 1.54) is 11.9 Å². The SMILES string of the molecule is CNC(=O)COc1cccc(NC(=O)CCCN2C(=O)c3ccc(C)cc3C2=O)c1. The van der Waals surface area contributed by atoms with E-state index in [1.54, 1.807) is 42.5 Å². The molecule has 1 heterocycles. The molecule has 0 atom stereocenters. The van der Waals surface area contributed by atoms with E-state index in [0.717, 1.165) is 5.56 Å². The lowest BCUT2D eigenvalue weighted by molar-refractivity contribution is -0.122. The number of fused-ring (bicyclic) bond motifs is 1. The van der Waals surface area contributed by atoms with Crippen LogP contribution in [0.2, 0.25) is 0 Å². The van der Waals surface area contributed by atoms with E-state index in [2.05, 4.69) is 10.6 Å². The van der Waals surface area contributed by atoms with Crippen molar-refractivity contribution in [1.82, 2.24) is 10.2 Å². The van der Waals surface area contributed by atoms with E-state index < -0.39 is 0 Å². The standard InChI is InChI=1S/C22H23N3O5/c1-14-8-9-17-18(11-14)22(29)25(21(17)28)10-4-7-19(26)24-15-5-3-6-16(12-15)30-13-20(27)23-2/h3,5-6,8-9,11-12H,4,7,10,13H2,1-2H3,(H,23,27)(H,24,26). The van der Waals surface area contributed by atoms with Crippen LogP contribution in [0.5, 0.6) is 5.75 Å². The van der Waals surface area contributed by atoms with Crippen LogP contribution >= 0.6 is 0 Å². The maximum atomic E-state index is 12.5. The normalized spacial score (nSPS) is 12.5. The van der Waals surface area contributed by atoms with Gasteiger partial charge >= 0.3 is 0 Å². The number of carbonyl (C=O) groups is 4. The summed E-state index contributed by atoms with van der Waals surface area (Å²) in [5.41, 5.74) is 2.27. The van der Waals surface area contributed by atoms with Crippen LogP contribution in [0, 0.1) is 6.92 Å². The lowest BCUT2D eigenvalue weighted by Gasteiger charge is -2.13. The first kappa shape index (κ1) is 21.0. The van der Waals surface area contributed by atoms with Crippen LogP contribution in [0.1, 0.15) is 39.1 Å². The summed E-state index contributed by atoms with van der Waals surface area (Å²) in [6, 6.07) is 11.9. The molecule has 8 heteroatoms. The number of anilines is 1. The number of ether oxygens (including phenoxy) is 1. The highest BCUT2D eigenvalue weighted by molar-refractivity contribution is 6.21. The second-order valence-corrected chi connectivity index (χ2v) is 6.95. The van der Waals surface area contributed by atoms with Gasteiger partial charge in [-0.2, -0.15) is 0 Å². The second kappa shape index (κ2) is 9.21. The van der Waals surface area contributed by atoms with Crippen molar-refractivity contribution in [3.8, 4) is 5.75 Å². The average Bonchev–Trinajstić information content (AvgIpc) is 2.96. The zero-order valence-corrected chi connectivity index (χ0v) is 16.9. The Morgan fingerprint density at radius 2 is 1.77 bits per heavy atom. The first-order chi connectivity index (χ1) is 14.4. The fraction of sp³-hybridized carbons (Fsp3) is 0.273. The topological polar surface area (TPSA) is 105 Å². The van der Waals surface area contributed by atoms with Crippen molar-refractivity contribution in [2.75, 3.05) is 25.5 Å². The Hall–Kier alpha value is -3.68. The average molecular weight is 409 g/mol. The van der Waals surface area contributed by atoms with Crippen molar-refractivity contribution < 1.29 is 23.9 Å². The molecule has 156 valence electrons. The predicted molar refractivity (Wildman–Crippen MR) is 110 cm³/mol. The number of aryl methyl sites for hydroxylation is 1. The molecule has 4 amide bonds. The quantitative estimate of drug-likeness (QED) is 0.650. The third kappa shape index (κ3) is 4.83. The van der Waals surface area contributed by atoms with Crippen LogP contribution in [0.25, 0.3) is 0 Å². The molecule has 1 aliphatic heterocycles. The van der Waals surface area contributed by atoms with E-state index in [-0.39, 0.29) is 43.2 Å². The van der Waals surface area contributed by atoms with Gasteiger partial charge in [0.05, 0.1) is 11.1 Å². The first-order valence-corrected chi connectivity index (χ1v) is 9.59. The Labute approximate surface area is 174 Å². The first-order valence-electron chi connectivity index (χ1n) is 9.59. The molecule has 3 rings (SSSR count). The summed E-state index contributed by atoms with van der Waals surface area (Å²) in [4.78, 5) is 49.5. The summed E-state index contributed by atoms with van der Waals surface area (Å²) in [7, 11) is 1.52. The smallest absolute Gasteiger partial charge is 0.261 e. The van der Waals surface area contributed by atoms with E-state index in [4.69, 9.17) is 4.74 Å². The Kier molecular flexibility index (Phi) is 6.46. The zero-order chi connectivity index (χ0) is 21.7. The Morgan fingerprint density at radius 1 is 1.00 bits per heavy atom. The van der Waals surface area contributed by atoms with Crippen molar-refractivity contribution in [3.63, 3.8) is 0 Å². The number of carbonyl (C=O) groups excluding carboxylic acids is 4. The van der Waals surface area contributed by atoms with Gasteiger partial charge in [0.1, 0.15) is 5.75 Å². The van der Waals surface area contributed by atoms with Crippen LogP contribution in [0.15, 0.2) is 42.5 Å². The minimum atomic E-state index is -0.323. The molecule has 0 radical (unpaired) electrons. The van der Waals surface area contributed by atoms with E-state index in [9.17, 15) is 19.2 Å². The van der Waals surface area contributed by atoms with E-state index >= 15 is 0 Å². The van der Waals surface area contributed by atoms with Gasteiger partial charge in [-0.3, -0.25) is 24.1 Å². The van der Waals surface area contributed by atoms with Crippen LogP contribution in [0.3, 0.4) is 0 Å². The number of nitrogens with zero attached hydrogens (tertiary/aromatic N) is 1. The number of hydrogen-bond acceptors (Lipinski definition) is 5. The van der Waals surface area contributed by atoms with Gasteiger partial charge in [0.2, 0.25) is 5.91 Å².